The number of carboxylic acids is 1. The van der Waals surface area contributed by atoms with Gasteiger partial charge in [-0.3, -0.25) is 4.79 Å². The first-order valence-corrected chi connectivity index (χ1v) is 9.25. The molecule has 130 valence electrons. The smallest absolute Gasteiger partial charge is 0.307 e. The Morgan fingerprint density at radius 3 is 2.52 bits per heavy atom. The van der Waals surface area contributed by atoms with E-state index in [0.717, 1.165) is 35.8 Å². The quantitative estimate of drug-likeness (QED) is 0.477. The topological polar surface area (TPSA) is 71.6 Å². The fourth-order valence-electron chi connectivity index (χ4n) is 2.83. The third kappa shape index (κ3) is 3.48. The molecule has 0 saturated carbocycles. The van der Waals surface area contributed by atoms with Crippen LogP contribution < -0.4 is 9.47 Å². The van der Waals surface area contributed by atoms with Crippen LogP contribution >= 0.6 is 38.5 Å². The second-order valence-corrected chi connectivity index (χ2v) is 7.53. The number of aromatic amines is 1. The fraction of sp³-hybridized carbons (Fsp3) is 0.167. The van der Waals surface area contributed by atoms with Gasteiger partial charge >= 0.3 is 5.97 Å². The molecular formula is C18H15BrINO4. The Morgan fingerprint density at radius 2 is 1.88 bits per heavy atom. The first kappa shape index (κ1) is 18.1. The highest BCUT2D eigenvalue weighted by atomic mass is 127. The van der Waals surface area contributed by atoms with Gasteiger partial charge in [0, 0.05) is 24.5 Å². The number of aliphatic carboxylic acids is 1. The first-order chi connectivity index (χ1) is 11.9. The number of carbonyl (C=O) groups is 1. The average molecular weight is 516 g/mol. The Morgan fingerprint density at radius 1 is 1.20 bits per heavy atom. The lowest BCUT2D eigenvalue weighted by Crippen LogP contribution is -2.01. The predicted octanol–water partition coefficient (Wildman–Crippen LogP) is 4.85. The Hall–Kier alpha value is -1.74. The lowest BCUT2D eigenvalue weighted by molar-refractivity contribution is -0.136. The number of methoxy groups -OCH3 is 2. The first-order valence-electron chi connectivity index (χ1n) is 7.38. The summed E-state index contributed by atoms with van der Waals surface area (Å²) in [5, 5.41) is 10.3. The highest BCUT2D eigenvalue weighted by Crippen LogP contribution is 2.41. The lowest BCUT2D eigenvalue weighted by Gasteiger charge is -2.12. The zero-order valence-corrected chi connectivity index (χ0v) is 17.3. The van der Waals surface area contributed by atoms with Gasteiger partial charge in [0.1, 0.15) is 0 Å². The van der Waals surface area contributed by atoms with Crippen LogP contribution in [-0.2, 0) is 11.2 Å². The average Bonchev–Trinajstić information content (AvgIpc) is 2.91. The van der Waals surface area contributed by atoms with E-state index in [9.17, 15) is 9.90 Å². The number of hydrogen-bond donors (Lipinski definition) is 2. The summed E-state index contributed by atoms with van der Waals surface area (Å²) in [5.74, 6) is 0.302. The van der Waals surface area contributed by atoms with Crippen molar-refractivity contribution in [3.63, 3.8) is 0 Å². The Labute approximate surface area is 166 Å². The maximum absolute atomic E-state index is 11.4. The largest absolute Gasteiger partial charge is 0.493 e. The zero-order chi connectivity index (χ0) is 18.1. The molecule has 2 aromatic carbocycles. The van der Waals surface area contributed by atoms with E-state index in [1.165, 1.54) is 0 Å². The molecule has 2 N–H and O–H groups in total. The summed E-state index contributed by atoms with van der Waals surface area (Å²) in [5.41, 5.74) is 3.22. The minimum absolute atomic E-state index is 0.0732. The van der Waals surface area contributed by atoms with E-state index in [0.29, 0.717) is 11.5 Å². The number of ether oxygens (including phenoxy) is 2. The summed E-state index contributed by atoms with van der Waals surface area (Å²) in [6.45, 7) is 0. The third-order valence-corrected chi connectivity index (χ3v) is 5.27. The number of H-pyrrole nitrogens is 1. The monoisotopic (exact) mass is 515 g/mol. The van der Waals surface area contributed by atoms with Crippen molar-refractivity contribution >= 4 is 55.4 Å². The van der Waals surface area contributed by atoms with Gasteiger partial charge in [0.05, 0.1) is 26.3 Å². The van der Waals surface area contributed by atoms with Gasteiger partial charge in [0.2, 0.25) is 0 Å². The molecule has 0 aliphatic rings. The number of carboxylic acid groups (broad SMARTS) is 1. The van der Waals surface area contributed by atoms with Crippen LogP contribution in [0.4, 0.5) is 0 Å². The van der Waals surface area contributed by atoms with Crippen molar-refractivity contribution in [2.45, 2.75) is 6.42 Å². The fourth-order valence-corrected chi connectivity index (χ4v) is 3.84. The van der Waals surface area contributed by atoms with Gasteiger partial charge in [-0.2, -0.15) is 0 Å². The standard InChI is InChI=1S/C18H15BrINO4/c1-24-15-6-12(13(19)8-16(15)25-2)18-11(7-17(22)23)10-5-9(20)3-4-14(10)21-18/h3-6,8,21H,7H2,1-2H3,(H,22,23). The number of benzene rings is 2. The second kappa shape index (κ2) is 7.25. The maximum atomic E-state index is 11.4. The molecule has 0 bridgehead atoms. The zero-order valence-electron chi connectivity index (χ0n) is 13.5. The third-order valence-electron chi connectivity index (χ3n) is 3.94. The summed E-state index contributed by atoms with van der Waals surface area (Å²) in [7, 11) is 3.14. The van der Waals surface area contributed by atoms with Crippen LogP contribution in [0.25, 0.3) is 22.2 Å². The Kier molecular flexibility index (Phi) is 5.24. The van der Waals surface area contributed by atoms with Crippen molar-refractivity contribution < 1.29 is 19.4 Å². The SMILES string of the molecule is COc1cc(Br)c(-c2[nH]c3ccc(I)cc3c2CC(=O)O)cc1OC. The van der Waals surface area contributed by atoms with Gasteiger partial charge in [0.15, 0.2) is 11.5 Å². The molecule has 0 amide bonds. The van der Waals surface area contributed by atoms with Gasteiger partial charge < -0.3 is 19.6 Å². The molecule has 0 aliphatic heterocycles. The van der Waals surface area contributed by atoms with E-state index in [1.807, 2.05) is 30.3 Å². The summed E-state index contributed by atoms with van der Waals surface area (Å²) in [6, 6.07) is 9.58. The van der Waals surface area contributed by atoms with E-state index in [-0.39, 0.29) is 6.42 Å². The summed E-state index contributed by atoms with van der Waals surface area (Å²) in [4.78, 5) is 14.8. The molecule has 3 rings (SSSR count). The molecular weight excluding hydrogens is 501 g/mol. The lowest BCUT2D eigenvalue weighted by atomic mass is 10.0. The van der Waals surface area contributed by atoms with Crippen LogP contribution in [0.1, 0.15) is 5.56 Å². The van der Waals surface area contributed by atoms with Crippen LogP contribution in [0.2, 0.25) is 0 Å². The van der Waals surface area contributed by atoms with Crippen LogP contribution in [0.3, 0.4) is 0 Å². The molecule has 0 saturated heterocycles. The predicted molar refractivity (Wildman–Crippen MR) is 109 cm³/mol. The summed E-state index contributed by atoms with van der Waals surface area (Å²) >= 11 is 5.78. The number of halogens is 2. The van der Waals surface area contributed by atoms with Crippen LogP contribution in [0.15, 0.2) is 34.8 Å². The molecule has 0 radical (unpaired) electrons. The molecule has 1 heterocycles. The summed E-state index contributed by atoms with van der Waals surface area (Å²) < 4.78 is 12.5. The number of aromatic nitrogens is 1. The minimum Gasteiger partial charge on any atom is -0.493 e. The van der Waals surface area contributed by atoms with Crippen molar-refractivity contribution in [3.05, 3.63) is 43.9 Å². The number of fused-ring (bicyclic) bond motifs is 1. The Bertz CT molecular complexity index is 967. The van der Waals surface area contributed by atoms with Gasteiger partial charge in [-0.05, 0) is 74.4 Å². The molecule has 0 spiro atoms. The van der Waals surface area contributed by atoms with Gasteiger partial charge in [-0.25, -0.2) is 0 Å². The van der Waals surface area contributed by atoms with E-state index in [4.69, 9.17) is 9.47 Å². The van der Waals surface area contributed by atoms with Crippen molar-refractivity contribution in [2.24, 2.45) is 0 Å². The molecule has 25 heavy (non-hydrogen) atoms. The van der Waals surface area contributed by atoms with E-state index in [1.54, 1.807) is 14.2 Å². The van der Waals surface area contributed by atoms with Crippen LogP contribution in [-0.4, -0.2) is 30.3 Å². The normalized spacial score (nSPS) is 10.9. The molecule has 0 fully saturated rings. The van der Waals surface area contributed by atoms with Crippen molar-refractivity contribution in [2.75, 3.05) is 14.2 Å². The maximum Gasteiger partial charge on any atom is 0.307 e. The van der Waals surface area contributed by atoms with Gasteiger partial charge in [0.25, 0.3) is 0 Å². The second-order valence-electron chi connectivity index (χ2n) is 5.43. The van der Waals surface area contributed by atoms with E-state index < -0.39 is 5.97 Å². The highest BCUT2D eigenvalue weighted by molar-refractivity contribution is 14.1. The molecule has 0 aliphatic carbocycles. The molecule has 1 aromatic heterocycles. The molecule has 7 heteroatoms. The Balaban J connectivity index is 2.29. The molecule has 3 aromatic rings. The van der Waals surface area contributed by atoms with Crippen LogP contribution in [0.5, 0.6) is 11.5 Å². The molecule has 0 atom stereocenters. The number of hydrogen-bond acceptors (Lipinski definition) is 3. The molecule has 5 nitrogen and oxygen atoms in total. The number of rotatable bonds is 5. The highest BCUT2D eigenvalue weighted by Gasteiger charge is 2.20. The number of nitrogens with one attached hydrogen (secondary N) is 1. The van der Waals surface area contributed by atoms with Gasteiger partial charge in [-0.15, -0.1) is 0 Å². The van der Waals surface area contributed by atoms with Crippen molar-refractivity contribution in [1.82, 2.24) is 4.98 Å². The van der Waals surface area contributed by atoms with Crippen molar-refractivity contribution in [1.29, 1.82) is 0 Å². The van der Waals surface area contributed by atoms with E-state index in [2.05, 4.69) is 43.5 Å². The van der Waals surface area contributed by atoms with Crippen LogP contribution in [0, 0.1) is 3.57 Å². The van der Waals surface area contributed by atoms with E-state index >= 15 is 0 Å². The minimum atomic E-state index is -0.877. The van der Waals surface area contributed by atoms with Crippen molar-refractivity contribution in [3.8, 4) is 22.8 Å². The summed E-state index contributed by atoms with van der Waals surface area (Å²) in [6.07, 6.45) is -0.0732. The molecule has 0 unspecified atom stereocenters. The van der Waals surface area contributed by atoms with Gasteiger partial charge in [-0.1, -0.05) is 0 Å².